The first-order chi connectivity index (χ1) is 5.18. The number of ether oxygens (including phenoxy) is 1. The summed E-state index contributed by atoms with van der Waals surface area (Å²) >= 11 is 3.15. The van der Waals surface area contributed by atoms with Crippen molar-refractivity contribution in [1.29, 1.82) is 0 Å². The van der Waals surface area contributed by atoms with E-state index in [0.717, 1.165) is 0 Å². The minimum Gasteiger partial charge on any atom is -0.431 e. The van der Waals surface area contributed by atoms with Gasteiger partial charge in [0.05, 0.1) is 12.3 Å². The molecule has 1 aromatic heterocycles. The summed E-state index contributed by atoms with van der Waals surface area (Å²) < 4.78 is 11.0. The van der Waals surface area contributed by atoms with Gasteiger partial charge in [-0.05, 0) is 29.8 Å². The predicted octanol–water partition coefficient (Wildman–Crippen LogP) is 2.36. The molecular formula is C7H10BrNO2. The second kappa shape index (κ2) is 3.88. The van der Waals surface area contributed by atoms with E-state index in [4.69, 9.17) is 9.15 Å². The van der Waals surface area contributed by atoms with Crippen molar-refractivity contribution in [3.05, 3.63) is 16.8 Å². The predicted molar refractivity (Wildman–Crippen MR) is 44.1 cm³/mol. The highest BCUT2D eigenvalue weighted by Crippen LogP contribution is 2.11. The standard InChI is InChI=1S/C7H10BrNO2/c1-5(2)10-4-7-9-3-6(8)11-7/h3,5H,4H2,1-2H3. The molecule has 62 valence electrons. The molecule has 0 saturated carbocycles. The Morgan fingerprint density at radius 1 is 1.73 bits per heavy atom. The minimum atomic E-state index is 0.209. The normalized spacial score (nSPS) is 10.9. The van der Waals surface area contributed by atoms with Crippen LogP contribution in [0.2, 0.25) is 0 Å². The SMILES string of the molecule is CC(C)OCc1ncc(Br)o1. The molecule has 0 aliphatic carbocycles. The van der Waals surface area contributed by atoms with E-state index in [1.165, 1.54) is 0 Å². The van der Waals surface area contributed by atoms with Crippen molar-refractivity contribution in [3.63, 3.8) is 0 Å². The van der Waals surface area contributed by atoms with Crippen molar-refractivity contribution in [3.8, 4) is 0 Å². The molecule has 0 N–H and O–H groups in total. The summed E-state index contributed by atoms with van der Waals surface area (Å²) in [5, 5.41) is 0. The van der Waals surface area contributed by atoms with Crippen LogP contribution in [0.4, 0.5) is 0 Å². The summed E-state index contributed by atoms with van der Waals surface area (Å²) in [5.74, 6) is 0.602. The number of nitrogens with zero attached hydrogens (tertiary/aromatic N) is 1. The molecular weight excluding hydrogens is 210 g/mol. The Morgan fingerprint density at radius 3 is 2.91 bits per heavy atom. The molecule has 0 fully saturated rings. The second-order valence-corrected chi connectivity index (χ2v) is 3.20. The molecule has 0 aliphatic heterocycles. The number of rotatable bonds is 3. The molecule has 0 saturated heterocycles. The molecule has 11 heavy (non-hydrogen) atoms. The topological polar surface area (TPSA) is 35.3 Å². The van der Waals surface area contributed by atoms with Gasteiger partial charge in [-0.1, -0.05) is 0 Å². The molecule has 0 aliphatic rings. The molecule has 0 atom stereocenters. The van der Waals surface area contributed by atoms with Gasteiger partial charge in [-0.3, -0.25) is 0 Å². The van der Waals surface area contributed by atoms with Crippen molar-refractivity contribution in [1.82, 2.24) is 4.98 Å². The molecule has 1 heterocycles. The van der Waals surface area contributed by atoms with Crippen LogP contribution in [0.1, 0.15) is 19.7 Å². The largest absolute Gasteiger partial charge is 0.431 e. The lowest BCUT2D eigenvalue weighted by atomic mass is 10.5. The van der Waals surface area contributed by atoms with Gasteiger partial charge in [0.2, 0.25) is 5.89 Å². The number of oxazole rings is 1. The third kappa shape index (κ3) is 3.03. The second-order valence-electron chi connectivity index (χ2n) is 2.42. The van der Waals surface area contributed by atoms with E-state index < -0.39 is 0 Å². The first-order valence-electron chi connectivity index (χ1n) is 3.40. The average molecular weight is 220 g/mol. The fourth-order valence-electron chi connectivity index (χ4n) is 0.593. The van der Waals surface area contributed by atoms with Crippen molar-refractivity contribution in [2.75, 3.05) is 0 Å². The Bertz CT molecular complexity index is 222. The van der Waals surface area contributed by atoms with E-state index in [2.05, 4.69) is 20.9 Å². The molecule has 0 unspecified atom stereocenters. The van der Waals surface area contributed by atoms with Gasteiger partial charge in [0, 0.05) is 0 Å². The third-order valence-corrected chi connectivity index (χ3v) is 1.43. The van der Waals surface area contributed by atoms with Gasteiger partial charge in [-0.25, -0.2) is 4.98 Å². The van der Waals surface area contributed by atoms with E-state index in [0.29, 0.717) is 17.2 Å². The van der Waals surface area contributed by atoms with E-state index in [-0.39, 0.29) is 6.10 Å². The van der Waals surface area contributed by atoms with Gasteiger partial charge < -0.3 is 9.15 Å². The lowest BCUT2D eigenvalue weighted by Gasteiger charge is -2.02. The Balaban J connectivity index is 2.39. The molecule has 0 amide bonds. The number of hydrogen-bond acceptors (Lipinski definition) is 3. The van der Waals surface area contributed by atoms with Gasteiger partial charge in [-0.15, -0.1) is 0 Å². The molecule has 0 aromatic carbocycles. The van der Waals surface area contributed by atoms with E-state index in [1.807, 2.05) is 13.8 Å². The zero-order chi connectivity index (χ0) is 8.27. The molecule has 3 nitrogen and oxygen atoms in total. The molecule has 1 rings (SSSR count). The monoisotopic (exact) mass is 219 g/mol. The average Bonchev–Trinajstić information content (AvgIpc) is 2.31. The summed E-state index contributed by atoms with van der Waals surface area (Å²) in [6, 6.07) is 0. The van der Waals surface area contributed by atoms with Crippen molar-refractivity contribution in [2.24, 2.45) is 0 Å². The summed E-state index contributed by atoms with van der Waals surface area (Å²) in [5.41, 5.74) is 0. The Kier molecular flexibility index (Phi) is 3.08. The Labute approximate surface area is 73.9 Å². The third-order valence-electron chi connectivity index (χ3n) is 1.07. The molecule has 0 bridgehead atoms. The minimum absolute atomic E-state index is 0.209. The van der Waals surface area contributed by atoms with Crippen LogP contribution >= 0.6 is 15.9 Å². The number of aromatic nitrogens is 1. The summed E-state index contributed by atoms with van der Waals surface area (Å²) in [4.78, 5) is 3.95. The van der Waals surface area contributed by atoms with Gasteiger partial charge >= 0.3 is 0 Å². The summed E-state index contributed by atoms with van der Waals surface area (Å²) in [6.07, 6.45) is 1.82. The van der Waals surface area contributed by atoms with E-state index >= 15 is 0 Å². The zero-order valence-corrected chi connectivity index (χ0v) is 8.09. The lowest BCUT2D eigenvalue weighted by molar-refractivity contribution is 0.0512. The fourth-order valence-corrected chi connectivity index (χ4v) is 0.882. The van der Waals surface area contributed by atoms with Crippen LogP contribution in [0.15, 0.2) is 15.3 Å². The van der Waals surface area contributed by atoms with Crippen LogP contribution in [-0.4, -0.2) is 11.1 Å². The highest BCUT2D eigenvalue weighted by Gasteiger charge is 2.01. The van der Waals surface area contributed by atoms with E-state index in [1.54, 1.807) is 6.20 Å². The lowest BCUT2D eigenvalue weighted by Crippen LogP contribution is -2.01. The maximum atomic E-state index is 5.26. The van der Waals surface area contributed by atoms with Crippen LogP contribution in [0.5, 0.6) is 0 Å². The smallest absolute Gasteiger partial charge is 0.221 e. The summed E-state index contributed by atoms with van der Waals surface area (Å²) in [7, 11) is 0. The van der Waals surface area contributed by atoms with E-state index in [9.17, 15) is 0 Å². The Hall–Kier alpha value is -0.350. The molecule has 0 spiro atoms. The van der Waals surface area contributed by atoms with Gasteiger partial charge in [0.25, 0.3) is 0 Å². The highest BCUT2D eigenvalue weighted by molar-refractivity contribution is 9.10. The van der Waals surface area contributed by atoms with Crippen molar-refractivity contribution < 1.29 is 9.15 Å². The van der Waals surface area contributed by atoms with Crippen LogP contribution < -0.4 is 0 Å². The number of halogens is 1. The van der Waals surface area contributed by atoms with Crippen LogP contribution in [0, 0.1) is 0 Å². The van der Waals surface area contributed by atoms with Crippen LogP contribution in [0.3, 0.4) is 0 Å². The first-order valence-corrected chi connectivity index (χ1v) is 4.19. The van der Waals surface area contributed by atoms with Crippen molar-refractivity contribution in [2.45, 2.75) is 26.6 Å². The van der Waals surface area contributed by atoms with Gasteiger partial charge in [0.1, 0.15) is 6.61 Å². The van der Waals surface area contributed by atoms with Gasteiger partial charge in [0.15, 0.2) is 4.67 Å². The number of hydrogen-bond donors (Lipinski definition) is 0. The Morgan fingerprint density at radius 2 is 2.45 bits per heavy atom. The maximum absolute atomic E-state index is 5.26. The summed E-state index contributed by atoms with van der Waals surface area (Å²) in [6.45, 7) is 4.37. The fraction of sp³-hybridized carbons (Fsp3) is 0.571. The molecule has 1 aromatic rings. The van der Waals surface area contributed by atoms with Crippen LogP contribution in [-0.2, 0) is 11.3 Å². The molecule has 4 heteroatoms. The zero-order valence-electron chi connectivity index (χ0n) is 6.50. The highest BCUT2D eigenvalue weighted by atomic mass is 79.9. The maximum Gasteiger partial charge on any atom is 0.221 e. The van der Waals surface area contributed by atoms with Gasteiger partial charge in [-0.2, -0.15) is 0 Å². The first kappa shape index (κ1) is 8.74. The van der Waals surface area contributed by atoms with Crippen molar-refractivity contribution >= 4 is 15.9 Å². The quantitative estimate of drug-likeness (QED) is 0.784. The van der Waals surface area contributed by atoms with Crippen LogP contribution in [0.25, 0.3) is 0 Å². The molecule has 0 radical (unpaired) electrons.